The summed E-state index contributed by atoms with van der Waals surface area (Å²) in [7, 11) is 0. The van der Waals surface area contributed by atoms with E-state index in [2.05, 4.69) is 16.5 Å². The molecule has 1 heterocycles. The molecule has 22 heavy (non-hydrogen) atoms. The lowest BCUT2D eigenvalue weighted by Gasteiger charge is -2.14. The molecule has 0 spiro atoms. The molecule has 7 heteroatoms. The molecule has 1 aromatic heterocycles. The van der Waals surface area contributed by atoms with Crippen LogP contribution >= 0.6 is 0 Å². The lowest BCUT2D eigenvalue weighted by atomic mass is 10.0. The number of ether oxygens (including phenoxy) is 1. The summed E-state index contributed by atoms with van der Waals surface area (Å²) < 4.78 is 46.8. The number of alkyl halides is 3. The van der Waals surface area contributed by atoms with Crippen LogP contribution in [0.1, 0.15) is 42.7 Å². The van der Waals surface area contributed by atoms with Crippen LogP contribution in [0.4, 0.5) is 13.2 Å². The molecule has 0 unspecified atom stereocenters. The fourth-order valence-electron chi connectivity index (χ4n) is 2.14. The van der Waals surface area contributed by atoms with E-state index in [1.165, 1.54) is 25.2 Å². The normalized spacial score (nSPS) is 16.8. The number of aliphatic hydroxyl groups is 1. The van der Waals surface area contributed by atoms with Gasteiger partial charge in [-0.15, -0.1) is 13.2 Å². The van der Waals surface area contributed by atoms with Crippen molar-refractivity contribution >= 4 is 5.57 Å². The quantitative estimate of drug-likeness (QED) is 0.635. The molecule has 1 saturated carbocycles. The summed E-state index contributed by atoms with van der Waals surface area (Å²) >= 11 is 0. The van der Waals surface area contributed by atoms with Crippen LogP contribution in [0.2, 0.25) is 0 Å². The highest BCUT2D eigenvalue weighted by molar-refractivity contribution is 5.78. The van der Waals surface area contributed by atoms with Crippen molar-refractivity contribution in [3.05, 3.63) is 47.6 Å². The Labute approximate surface area is 125 Å². The molecule has 0 bridgehead atoms. The van der Waals surface area contributed by atoms with E-state index in [-0.39, 0.29) is 23.8 Å². The predicted octanol–water partition coefficient (Wildman–Crippen LogP) is 4.05. The van der Waals surface area contributed by atoms with Gasteiger partial charge in [-0.25, -0.2) is 0 Å². The van der Waals surface area contributed by atoms with Crippen LogP contribution in [0.3, 0.4) is 0 Å². The van der Waals surface area contributed by atoms with E-state index in [1.54, 1.807) is 0 Å². The van der Waals surface area contributed by atoms with E-state index in [4.69, 9.17) is 4.52 Å². The van der Waals surface area contributed by atoms with E-state index in [1.807, 2.05) is 0 Å². The number of hydrogen-bond acceptors (Lipinski definition) is 4. The zero-order valence-electron chi connectivity index (χ0n) is 12.0. The van der Waals surface area contributed by atoms with Crippen LogP contribution < -0.4 is 0 Å². The molecule has 1 N–H and O–H groups in total. The number of hydrogen-bond donors (Lipinski definition) is 1. The van der Waals surface area contributed by atoms with Gasteiger partial charge in [0.1, 0.15) is 17.2 Å². The van der Waals surface area contributed by atoms with E-state index in [9.17, 15) is 18.3 Å². The van der Waals surface area contributed by atoms with Crippen molar-refractivity contribution in [3.63, 3.8) is 0 Å². The number of aliphatic hydroxyl groups excluding tert-OH is 1. The largest absolute Gasteiger partial charge is 0.573 e. The first-order chi connectivity index (χ1) is 10.4. The van der Waals surface area contributed by atoms with E-state index >= 15 is 0 Å². The Morgan fingerprint density at radius 2 is 2.18 bits per heavy atom. The summed E-state index contributed by atoms with van der Waals surface area (Å²) in [6.45, 7) is 4.53. The maximum Gasteiger partial charge on any atom is 0.573 e. The summed E-state index contributed by atoms with van der Waals surface area (Å²) in [5.41, 5.74) is 0.594. The molecule has 0 radical (unpaired) electrons. The molecule has 0 saturated heterocycles. The van der Waals surface area contributed by atoms with Gasteiger partial charge in [0.2, 0.25) is 0 Å². The van der Waals surface area contributed by atoms with Gasteiger partial charge in [-0.2, -0.15) is 0 Å². The molecule has 0 atom stereocenters. The smallest absolute Gasteiger partial charge is 0.405 e. The summed E-state index contributed by atoms with van der Waals surface area (Å²) in [6.07, 6.45) is 0.843. The highest BCUT2D eigenvalue weighted by Gasteiger charge is 2.36. The van der Waals surface area contributed by atoms with Crippen LogP contribution in [0, 0.1) is 0 Å². The summed E-state index contributed by atoms with van der Waals surface area (Å²) in [6, 6.07) is 0. The third kappa shape index (κ3) is 3.59. The maximum absolute atomic E-state index is 12.5. The average molecular weight is 315 g/mol. The molecule has 0 aromatic carbocycles. The second-order valence-corrected chi connectivity index (χ2v) is 4.82. The molecule has 1 fully saturated rings. The van der Waals surface area contributed by atoms with Gasteiger partial charge in [0.05, 0.1) is 6.61 Å². The Kier molecular flexibility index (Phi) is 4.75. The van der Waals surface area contributed by atoms with Crippen molar-refractivity contribution in [1.82, 2.24) is 5.16 Å². The van der Waals surface area contributed by atoms with Crippen molar-refractivity contribution in [2.45, 2.75) is 38.7 Å². The lowest BCUT2D eigenvalue weighted by Crippen LogP contribution is -2.14. The first-order valence-electron chi connectivity index (χ1n) is 6.76. The minimum Gasteiger partial charge on any atom is -0.405 e. The molecule has 1 aliphatic carbocycles. The third-order valence-electron chi connectivity index (χ3n) is 3.22. The maximum atomic E-state index is 12.5. The minimum atomic E-state index is -4.83. The SMILES string of the molecule is C=C/C=C(\C(=C/C)OC(F)(F)F)c1noc(C2CC2)c1CO. The zero-order valence-corrected chi connectivity index (χ0v) is 12.0. The molecule has 0 amide bonds. The van der Waals surface area contributed by atoms with E-state index in [0.717, 1.165) is 12.8 Å². The molecular weight excluding hydrogens is 299 g/mol. The lowest BCUT2D eigenvalue weighted by molar-refractivity contribution is -0.302. The van der Waals surface area contributed by atoms with Gasteiger partial charge in [-0.1, -0.05) is 17.8 Å². The minimum absolute atomic E-state index is 0.0644. The van der Waals surface area contributed by atoms with E-state index < -0.39 is 12.1 Å². The summed E-state index contributed by atoms with van der Waals surface area (Å²) in [5, 5.41) is 13.4. The van der Waals surface area contributed by atoms with Crippen LogP contribution in [0.5, 0.6) is 0 Å². The first-order valence-corrected chi connectivity index (χ1v) is 6.76. The van der Waals surface area contributed by atoms with Crippen molar-refractivity contribution in [3.8, 4) is 0 Å². The monoisotopic (exact) mass is 315 g/mol. The number of aromatic nitrogens is 1. The number of nitrogens with zero attached hydrogens (tertiary/aromatic N) is 1. The first kappa shape index (κ1) is 16.4. The number of halogens is 3. The van der Waals surface area contributed by atoms with Gasteiger partial charge < -0.3 is 14.4 Å². The van der Waals surface area contributed by atoms with Crippen LogP contribution in [0.15, 0.2) is 35.1 Å². The fraction of sp³-hybridized carbons (Fsp3) is 0.400. The van der Waals surface area contributed by atoms with Crippen molar-refractivity contribution in [2.24, 2.45) is 0 Å². The highest BCUT2D eigenvalue weighted by Crippen LogP contribution is 2.44. The summed E-state index contributed by atoms with van der Waals surface area (Å²) in [5.74, 6) is 0.277. The standard InChI is InChI=1S/C15H16F3NO3/c1-3-5-10(12(4-2)21-15(16,17)18)13-11(8-20)14(22-19-13)9-6-7-9/h3-5,9,20H,1,6-8H2,2H3/b10-5+,12-4+. The fourth-order valence-corrected chi connectivity index (χ4v) is 2.14. The second-order valence-electron chi connectivity index (χ2n) is 4.82. The molecular formula is C15H16F3NO3. The van der Waals surface area contributed by atoms with Gasteiger partial charge in [0.25, 0.3) is 0 Å². The van der Waals surface area contributed by atoms with Crippen LogP contribution in [-0.4, -0.2) is 16.6 Å². The van der Waals surface area contributed by atoms with Crippen molar-refractivity contribution in [2.75, 3.05) is 0 Å². The molecule has 120 valence electrons. The highest BCUT2D eigenvalue weighted by atomic mass is 19.4. The molecule has 0 aliphatic heterocycles. The Hall–Kier alpha value is -2.02. The Morgan fingerprint density at radius 3 is 2.64 bits per heavy atom. The molecule has 4 nitrogen and oxygen atoms in total. The van der Waals surface area contributed by atoms with Crippen molar-refractivity contribution < 1.29 is 27.5 Å². The molecule has 1 aliphatic rings. The number of rotatable bonds is 6. The summed E-state index contributed by atoms with van der Waals surface area (Å²) in [4.78, 5) is 0. The predicted molar refractivity (Wildman–Crippen MR) is 73.5 cm³/mol. The van der Waals surface area contributed by atoms with Gasteiger partial charge in [0.15, 0.2) is 0 Å². The Balaban J connectivity index is 2.44. The Bertz CT molecular complexity index is 610. The molecule has 2 rings (SSSR count). The third-order valence-corrected chi connectivity index (χ3v) is 3.22. The van der Waals surface area contributed by atoms with Gasteiger partial charge >= 0.3 is 6.36 Å². The second kappa shape index (κ2) is 6.39. The van der Waals surface area contributed by atoms with Gasteiger partial charge in [-0.3, -0.25) is 0 Å². The Morgan fingerprint density at radius 1 is 1.50 bits per heavy atom. The molecule has 1 aromatic rings. The van der Waals surface area contributed by atoms with Gasteiger partial charge in [0, 0.05) is 17.1 Å². The van der Waals surface area contributed by atoms with Gasteiger partial charge in [-0.05, 0) is 31.9 Å². The zero-order chi connectivity index (χ0) is 16.3. The number of allylic oxidation sites excluding steroid dienone is 4. The van der Waals surface area contributed by atoms with E-state index in [0.29, 0.717) is 11.3 Å². The van der Waals surface area contributed by atoms with Crippen LogP contribution in [-0.2, 0) is 11.3 Å². The topological polar surface area (TPSA) is 55.5 Å². The van der Waals surface area contributed by atoms with Crippen molar-refractivity contribution in [1.29, 1.82) is 0 Å². The van der Waals surface area contributed by atoms with Crippen LogP contribution in [0.25, 0.3) is 5.57 Å². The average Bonchev–Trinajstić information content (AvgIpc) is 3.21.